The first kappa shape index (κ1) is 20.0. The van der Waals surface area contributed by atoms with Crippen molar-refractivity contribution in [3.05, 3.63) is 90.2 Å². The third kappa shape index (κ3) is 4.02. The maximum atomic E-state index is 14.6. The normalized spacial score (nSPS) is 14.9. The van der Waals surface area contributed by atoms with Gasteiger partial charge >= 0.3 is 0 Å². The lowest BCUT2D eigenvalue weighted by molar-refractivity contribution is -0.0379. The standard InChI is InChI=1S/C23H22F2N4O/c1-16(3-2-4-17-5-8-22-18(11-17)9-10-27-22)23(30,13-29-15-26-14-28-29)20-7-6-19(24)12-21(20)25/h2,4-12,14-16,27,30H,3,13H2,1H3/b4-2+/t16-,23+/m0/s1. The summed E-state index contributed by atoms with van der Waals surface area (Å²) in [4.78, 5) is 7.05. The van der Waals surface area contributed by atoms with Gasteiger partial charge in [0.25, 0.3) is 0 Å². The third-order valence-electron chi connectivity index (χ3n) is 5.46. The molecule has 4 rings (SSSR count). The molecule has 2 aromatic carbocycles. The Morgan fingerprint density at radius 2 is 2.07 bits per heavy atom. The van der Waals surface area contributed by atoms with E-state index in [9.17, 15) is 13.9 Å². The predicted molar refractivity (Wildman–Crippen MR) is 111 cm³/mol. The van der Waals surface area contributed by atoms with Crippen LogP contribution in [0.2, 0.25) is 0 Å². The zero-order valence-electron chi connectivity index (χ0n) is 16.5. The van der Waals surface area contributed by atoms with Crippen LogP contribution < -0.4 is 0 Å². The van der Waals surface area contributed by atoms with E-state index in [-0.39, 0.29) is 18.0 Å². The van der Waals surface area contributed by atoms with E-state index in [1.165, 1.54) is 23.4 Å². The Balaban J connectivity index is 1.59. The molecule has 0 spiro atoms. The van der Waals surface area contributed by atoms with E-state index in [2.05, 4.69) is 21.1 Å². The van der Waals surface area contributed by atoms with E-state index in [4.69, 9.17) is 0 Å². The summed E-state index contributed by atoms with van der Waals surface area (Å²) in [6.45, 7) is 1.83. The van der Waals surface area contributed by atoms with Crippen molar-refractivity contribution < 1.29 is 13.9 Å². The highest BCUT2D eigenvalue weighted by atomic mass is 19.1. The molecule has 0 amide bonds. The molecule has 0 unspecified atom stereocenters. The number of rotatable bonds is 7. The van der Waals surface area contributed by atoms with Crippen LogP contribution in [0.25, 0.3) is 17.0 Å². The van der Waals surface area contributed by atoms with Crippen molar-refractivity contribution in [1.82, 2.24) is 19.7 Å². The maximum Gasteiger partial charge on any atom is 0.137 e. The van der Waals surface area contributed by atoms with Crippen molar-refractivity contribution in [3.8, 4) is 0 Å². The van der Waals surface area contributed by atoms with E-state index >= 15 is 0 Å². The van der Waals surface area contributed by atoms with Crippen LogP contribution in [0.5, 0.6) is 0 Å². The molecule has 2 heterocycles. The molecule has 0 radical (unpaired) electrons. The quantitative estimate of drug-likeness (QED) is 0.467. The van der Waals surface area contributed by atoms with E-state index in [0.717, 1.165) is 28.6 Å². The van der Waals surface area contributed by atoms with Crippen molar-refractivity contribution in [2.24, 2.45) is 5.92 Å². The van der Waals surface area contributed by atoms with Crippen LogP contribution in [0.3, 0.4) is 0 Å². The molecule has 0 bridgehead atoms. The Bertz CT molecular complexity index is 1170. The summed E-state index contributed by atoms with van der Waals surface area (Å²) in [5, 5.41) is 16.7. The lowest BCUT2D eigenvalue weighted by Crippen LogP contribution is -2.39. The van der Waals surface area contributed by atoms with Crippen LogP contribution in [0.15, 0.2) is 67.4 Å². The SMILES string of the molecule is C[C@@H](C/C=C/c1ccc2[nH]ccc2c1)[C@](O)(Cn1cncn1)c1ccc(F)cc1F. The molecule has 2 atom stereocenters. The van der Waals surface area contributed by atoms with Gasteiger partial charge in [0, 0.05) is 23.3 Å². The molecule has 0 saturated carbocycles. The number of aromatic amines is 1. The summed E-state index contributed by atoms with van der Waals surface area (Å²) in [5.74, 6) is -1.85. The average Bonchev–Trinajstić information content (AvgIpc) is 3.39. The highest BCUT2D eigenvalue weighted by Crippen LogP contribution is 2.35. The summed E-state index contributed by atoms with van der Waals surface area (Å²) < 4.78 is 29.5. The number of halogens is 2. The topological polar surface area (TPSA) is 66.7 Å². The molecule has 30 heavy (non-hydrogen) atoms. The molecule has 7 heteroatoms. The second-order valence-electron chi connectivity index (χ2n) is 7.50. The molecule has 2 aromatic heterocycles. The van der Waals surface area contributed by atoms with E-state index in [0.29, 0.717) is 6.42 Å². The highest BCUT2D eigenvalue weighted by molar-refractivity contribution is 5.81. The van der Waals surface area contributed by atoms with Gasteiger partial charge < -0.3 is 10.1 Å². The summed E-state index contributed by atoms with van der Waals surface area (Å²) >= 11 is 0. The number of aromatic nitrogens is 4. The lowest BCUT2D eigenvalue weighted by atomic mass is 9.80. The van der Waals surface area contributed by atoms with Crippen LogP contribution in [0.1, 0.15) is 24.5 Å². The van der Waals surface area contributed by atoms with Crippen LogP contribution in [-0.4, -0.2) is 24.9 Å². The number of fused-ring (bicyclic) bond motifs is 1. The van der Waals surface area contributed by atoms with Gasteiger partial charge in [-0.15, -0.1) is 0 Å². The summed E-state index contributed by atoms with van der Waals surface area (Å²) in [6.07, 6.45) is 9.10. The summed E-state index contributed by atoms with van der Waals surface area (Å²) in [5.41, 5.74) is 0.533. The number of hydrogen-bond acceptors (Lipinski definition) is 3. The second-order valence-corrected chi connectivity index (χ2v) is 7.50. The van der Waals surface area contributed by atoms with Gasteiger partial charge in [-0.3, -0.25) is 0 Å². The molecule has 0 aliphatic heterocycles. The van der Waals surface area contributed by atoms with E-state index in [1.54, 1.807) is 0 Å². The van der Waals surface area contributed by atoms with Crippen molar-refractivity contribution in [1.29, 1.82) is 0 Å². The first-order valence-electron chi connectivity index (χ1n) is 9.70. The minimum atomic E-state index is -1.60. The Morgan fingerprint density at radius 3 is 2.83 bits per heavy atom. The number of allylic oxidation sites excluding steroid dienone is 1. The Kier molecular flexibility index (Phi) is 5.46. The highest BCUT2D eigenvalue weighted by Gasteiger charge is 2.38. The zero-order chi connectivity index (χ0) is 21.1. The van der Waals surface area contributed by atoms with Gasteiger partial charge in [-0.25, -0.2) is 18.4 Å². The smallest absolute Gasteiger partial charge is 0.137 e. The molecular formula is C23H22F2N4O. The van der Waals surface area contributed by atoms with Crippen molar-refractivity contribution in [3.63, 3.8) is 0 Å². The largest absolute Gasteiger partial charge is 0.383 e. The monoisotopic (exact) mass is 408 g/mol. The van der Waals surface area contributed by atoms with E-state index < -0.39 is 17.2 Å². The molecule has 0 fully saturated rings. The summed E-state index contributed by atoms with van der Waals surface area (Å²) in [7, 11) is 0. The minimum Gasteiger partial charge on any atom is -0.383 e. The van der Waals surface area contributed by atoms with Gasteiger partial charge in [-0.2, -0.15) is 5.10 Å². The van der Waals surface area contributed by atoms with Crippen LogP contribution in [0.4, 0.5) is 8.78 Å². The van der Waals surface area contributed by atoms with Crippen LogP contribution in [0, 0.1) is 17.6 Å². The number of nitrogens with one attached hydrogen (secondary N) is 1. The van der Waals surface area contributed by atoms with Crippen molar-refractivity contribution in [2.45, 2.75) is 25.5 Å². The average molecular weight is 408 g/mol. The zero-order valence-corrected chi connectivity index (χ0v) is 16.5. The third-order valence-corrected chi connectivity index (χ3v) is 5.46. The van der Waals surface area contributed by atoms with Gasteiger partial charge in [-0.05, 0) is 47.6 Å². The fourth-order valence-electron chi connectivity index (χ4n) is 3.69. The predicted octanol–water partition coefficient (Wildman–Crippen LogP) is 4.67. The van der Waals surface area contributed by atoms with Gasteiger partial charge in [0.2, 0.25) is 0 Å². The Morgan fingerprint density at radius 1 is 1.20 bits per heavy atom. The number of nitrogens with zero attached hydrogens (tertiary/aromatic N) is 3. The number of hydrogen-bond donors (Lipinski definition) is 2. The fourth-order valence-corrected chi connectivity index (χ4v) is 3.69. The van der Waals surface area contributed by atoms with Crippen molar-refractivity contribution >= 4 is 17.0 Å². The Labute approximate surface area is 172 Å². The van der Waals surface area contributed by atoms with Crippen LogP contribution in [-0.2, 0) is 12.1 Å². The maximum absolute atomic E-state index is 14.6. The molecule has 0 aliphatic carbocycles. The first-order valence-corrected chi connectivity index (χ1v) is 9.70. The summed E-state index contributed by atoms with van der Waals surface area (Å²) in [6, 6.07) is 11.3. The number of aliphatic hydroxyl groups is 1. The number of H-pyrrole nitrogens is 1. The van der Waals surface area contributed by atoms with Crippen molar-refractivity contribution in [2.75, 3.05) is 0 Å². The van der Waals surface area contributed by atoms with Gasteiger partial charge in [-0.1, -0.05) is 31.2 Å². The fraction of sp³-hybridized carbons (Fsp3) is 0.217. The molecular weight excluding hydrogens is 386 g/mol. The first-order chi connectivity index (χ1) is 14.5. The molecule has 5 nitrogen and oxygen atoms in total. The van der Waals surface area contributed by atoms with Gasteiger partial charge in [0.1, 0.15) is 29.9 Å². The molecule has 2 N–H and O–H groups in total. The molecule has 0 aliphatic rings. The van der Waals surface area contributed by atoms with Gasteiger partial charge in [0.15, 0.2) is 0 Å². The molecule has 154 valence electrons. The Hall–Kier alpha value is -3.32. The van der Waals surface area contributed by atoms with E-state index in [1.807, 2.05) is 43.5 Å². The van der Waals surface area contributed by atoms with Gasteiger partial charge in [0.05, 0.1) is 6.54 Å². The van der Waals surface area contributed by atoms with Crippen LogP contribution >= 0.6 is 0 Å². The lowest BCUT2D eigenvalue weighted by Gasteiger charge is -2.34. The number of benzene rings is 2. The minimum absolute atomic E-state index is 0.000131. The molecule has 4 aromatic rings. The second kappa shape index (κ2) is 8.20. The molecule has 0 saturated heterocycles.